The van der Waals surface area contributed by atoms with Crippen molar-refractivity contribution < 1.29 is 0 Å². The summed E-state index contributed by atoms with van der Waals surface area (Å²) in [6.45, 7) is 1.89. The lowest BCUT2D eigenvalue weighted by molar-refractivity contribution is 1.76. The van der Waals surface area contributed by atoms with Gasteiger partial charge in [-0.05, 0) is 36.7 Å². The van der Waals surface area contributed by atoms with Crippen LogP contribution in [-0.2, 0) is 0 Å². The van der Waals surface area contributed by atoms with Crippen molar-refractivity contribution in [2.75, 3.05) is 0 Å². The molecule has 0 saturated heterocycles. The predicted molar refractivity (Wildman–Crippen MR) is 39.2 cm³/mol. The maximum atomic E-state index is 4.83. The van der Waals surface area contributed by atoms with E-state index < -0.39 is 0 Å². The number of hydrogen-bond donors (Lipinski definition) is 0. The van der Waals surface area contributed by atoms with Gasteiger partial charge in [0.15, 0.2) is 0 Å². The zero-order chi connectivity index (χ0) is 6.95. The summed E-state index contributed by atoms with van der Waals surface area (Å²) >= 11 is 0. The van der Waals surface area contributed by atoms with Crippen LogP contribution < -0.4 is 0 Å². The molecule has 42 valence electrons. The highest BCUT2D eigenvalue weighted by molar-refractivity contribution is 5.36. The van der Waals surface area contributed by atoms with Crippen molar-refractivity contribution in [3.05, 3.63) is 12.2 Å². The largest absolute Gasteiger partial charge is 0.106 e. The van der Waals surface area contributed by atoms with Crippen LogP contribution in [0, 0.1) is 36.0 Å². The molecule has 0 aromatic heterocycles. The topological polar surface area (TPSA) is 0 Å². The summed E-state index contributed by atoms with van der Waals surface area (Å²) in [6, 6.07) is 0. The van der Waals surface area contributed by atoms with E-state index >= 15 is 0 Å². The molecule has 0 heteroatoms. The van der Waals surface area contributed by atoms with Crippen molar-refractivity contribution in [2.45, 2.75) is 6.92 Å². The zero-order valence-corrected chi connectivity index (χ0v) is 5.23. The average molecular weight is 114 g/mol. The lowest BCUT2D eigenvalue weighted by atomic mass is 10.5. The fraction of sp³-hybridized carbons (Fsp3) is 0.111. The second kappa shape index (κ2) is 6.42. The SMILES string of the molecule is C#CC#CC#CC=CC. The number of terminal acetylenes is 1. The minimum Gasteiger partial charge on any atom is -0.106 e. The molecule has 0 rings (SSSR count). The highest BCUT2D eigenvalue weighted by Crippen LogP contribution is 1.62. The molecule has 0 aliphatic carbocycles. The van der Waals surface area contributed by atoms with Gasteiger partial charge in [-0.2, -0.15) is 0 Å². The highest BCUT2D eigenvalue weighted by atomic mass is 13.6. The third-order valence-electron chi connectivity index (χ3n) is 0.519. The van der Waals surface area contributed by atoms with Gasteiger partial charge in [0.05, 0.1) is 0 Å². The molecule has 0 bridgehead atoms. The van der Waals surface area contributed by atoms with E-state index in [9.17, 15) is 0 Å². The first kappa shape index (κ1) is 7.42. The molecule has 0 nitrogen and oxygen atoms in total. The summed E-state index contributed by atoms with van der Waals surface area (Å²) in [4.78, 5) is 0. The van der Waals surface area contributed by atoms with Crippen molar-refractivity contribution in [3.63, 3.8) is 0 Å². The van der Waals surface area contributed by atoms with Crippen LogP contribution in [0.25, 0.3) is 0 Å². The van der Waals surface area contributed by atoms with Gasteiger partial charge >= 0.3 is 0 Å². The van der Waals surface area contributed by atoms with E-state index in [1.807, 2.05) is 13.0 Å². The van der Waals surface area contributed by atoms with Crippen LogP contribution in [-0.4, -0.2) is 0 Å². The molecule has 0 unspecified atom stereocenters. The van der Waals surface area contributed by atoms with Gasteiger partial charge in [0.1, 0.15) is 0 Å². The van der Waals surface area contributed by atoms with Crippen molar-refractivity contribution in [1.29, 1.82) is 0 Å². The minimum absolute atomic E-state index is 1.71. The molecule has 0 fully saturated rings. The van der Waals surface area contributed by atoms with Crippen molar-refractivity contribution in [3.8, 4) is 36.0 Å². The van der Waals surface area contributed by atoms with Gasteiger partial charge in [-0.1, -0.05) is 12.0 Å². The lowest BCUT2D eigenvalue weighted by Crippen LogP contribution is -1.49. The molecular weight excluding hydrogens is 108 g/mol. The zero-order valence-electron chi connectivity index (χ0n) is 5.23. The van der Waals surface area contributed by atoms with Crippen LogP contribution in [0.15, 0.2) is 12.2 Å². The summed E-state index contributed by atoms with van der Waals surface area (Å²) in [6.07, 6.45) is 8.39. The molecule has 0 heterocycles. The Bertz CT molecular complexity index is 240. The molecule has 0 saturated carbocycles. The van der Waals surface area contributed by atoms with Crippen molar-refractivity contribution in [1.82, 2.24) is 0 Å². The Morgan fingerprint density at radius 2 is 2.00 bits per heavy atom. The first-order chi connectivity index (χ1) is 4.41. The van der Waals surface area contributed by atoms with Crippen molar-refractivity contribution in [2.24, 2.45) is 0 Å². The Labute approximate surface area is 56.0 Å². The molecule has 0 aromatic carbocycles. The standard InChI is InChI=1S/C9H6/c1-3-5-7-9-8-6-4-2/h1,4,6H,2H3. The van der Waals surface area contributed by atoms with Crippen LogP contribution in [0.3, 0.4) is 0 Å². The summed E-state index contributed by atoms with van der Waals surface area (Å²) in [7, 11) is 0. The maximum absolute atomic E-state index is 4.83. The maximum Gasteiger partial charge on any atom is -0.000718 e. The Morgan fingerprint density at radius 1 is 1.22 bits per heavy atom. The molecule has 0 N–H and O–H groups in total. The monoisotopic (exact) mass is 114 g/mol. The fourth-order valence-corrected chi connectivity index (χ4v) is 0.228. The summed E-state index contributed by atoms with van der Waals surface area (Å²) in [5.41, 5.74) is 0. The smallest absolute Gasteiger partial charge is 0.000718 e. The lowest BCUT2D eigenvalue weighted by Gasteiger charge is -1.57. The van der Waals surface area contributed by atoms with Gasteiger partial charge in [0, 0.05) is 0 Å². The van der Waals surface area contributed by atoms with E-state index in [0.29, 0.717) is 0 Å². The number of allylic oxidation sites excluding steroid dienone is 2. The molecule has 0 atom stereocenters. The third-order valence-corrected chi connectivity index (χ3v) is 0.519. The van der Waals surface area contributed by atoms with E-state index in [1.165, 1.54) is 0 Å². The third kappa shape index (κ3) is 6.42. The van der Waals surface area contributed by atoms with Gasteiger partial charge in [-0.15, -0.1) is 6.42 Å². The van der Waals surface area contributed by atoms with E-state index in [-0.39, 0.29) is 0 Å². The van der Waals surface area contributed by atoms with Gasteiger partial charge in [-0.25, -0.2) is 0 Å². The van der Waals surface area contributed by atoms with Gasteiger partial charge < -0.3 is 0 Å². The Balaban J connectivity index is 3.79. The van der Waals surface area contributed by atoms with Crippen LogP contribution >= 0.6 is 0 Å². The molecule has 0 aromatic rings. The number of rotatable bonds is 0. The Morgan fingerprint density at radius 3 is 2.56 bits per heavy atom. The minimum atomic E-state index is 1.71. The molecule has 9 heavy (non-hydrogen) atoms. The van der Waals surface area contributed by atoms with Crippen molar-refractivity contribution >= 4 is 0 Å². The fourth-order valence-electron chi connectivity index (χ4n) is 0.228. The molecule has 0 aliphatic heterocycles. The summed E-state index contributed by atoms with van der Waals surface area (Å²) in [5, 5.41) is 0. The Hall–Kier alpha value is -1.58. The van der Waals surface area contributed by atoms with Crippen LogP contribution in [0.2, 0.25) is 0 Å². The van der Waals surface area contributed by atoms with E-state index in [2.05, 4.69) is 29.6 Å². The molecule has 0 aliphatic rings. The average Bonchev–Trinajstić information content (AvgIpc) is 1.89. The Kier molecular flexibility index (Phi) is 5.29. The van der Waals surface area contributed by atoms with E-state index in [4.69, 9.17) is 6.42 Å². The van der Waals surface area contributed by atoms with E-state index in [0.717, 1.165) is 0 Å². The first-order valence-corrected chi connectivity index (χ1v) is 2.49. The quantitative estimate of drug-likeness (QED) is 0.415. The summed E-state index contributed by atoms with van der Waals surface area (Å²) < 4.78 is 0. The van der Waals surface area contributed by atoms with Crippen LogP contribution in [0.1, 0.15) is 6.92 Å². The molecule has 0 spiro atoms. The predicted octanol–water partition coefficient (Wildman–Crippen LogP) is 1.20. The highest BCUT2D eigenvalue weighted by Gasteiger charge is 1.52. The van der Waals surface area contributed by atoms with Gasteiger partial charge in [-0.3, -0.25) is 0 Å². The molecule has 0 radical (unpaired) electrons. The normalized spacial score (nSPS) is 6.22. The molecule has 0 amide bonds. The first-order valence-electron chi connectivity index (χ1n) is 2.49. The summed E-state index contributed by atoms with van der Waals surface area (Å²) in [5.74, 6) is 12.2. The van der Waals surface area contributed by atoms with E-state index in [1.54, 1.807) is 6.08 Å². The molecular formula is C9H6. The second-order valence-corrected chi connectivity index (χ2v) is 1.16. The van der Waals surface area contributed by atoms with Gasteiger partial charge in [0.25, 0.3) is 0 Å². The van der Waals surface area contributed by atoms with Gasteiger partial charge in [0.2, 0.25) is 0 Å². The number of hydrogen-bond acceptors (Lipinski definition) is 0. The second-order valence-electron chi connectivity index (χ2n) is 1.16. The van der Waals surface area contributed by atoms with Crippen LogP contribution in [0.5, 0.6) is 0 Å². The van der Waals surface area contributed by atoms with Crippen LogP contribution in [0.4, 0.5) is 0 Å².